The molecule has 3 aromatic rings. The lowest BCUT2D eigenvalue weighted by Gasteiger charge is -2.24. The SMILES string of the molecule is NC(N)=NCCCC(N)C(=O)NC(Cc1ccc(O)cc1)C(=O)NC(Cc1c[nH]c2ccccc12)C(=O)NCC(=O)O. The van der Waals surface area contributed by atoms with Crippen LogP contribution in [0.15, 0.2) is 59.7 Å². The van der Waals surface area contributed by atoms with Crippen LogP contribution in [0.4, 0.5) is 0 Å². The minimum Gasteiger partial charge on any atom is -0.508 e. The number of nitrogens with one attached hydrogen (secondary N) is 4. The first-order chi connectivity index (χ1) is 20.0. The summed E-state index contributed by atoms with van der Waals surface area (Å²) in [6.07, 6.45) is 2.46. The second-order valence-electron chi connectivity index (χ2n) is 9.72. The Morgan fingerprint density at radius 3 is 2.26 bits per heavy atom. The number of carbonyl (C=O) groups is 4. The van der Waals surface area contributed by atoms with Crippen molar-refractivity contribution in [3.63, 3.8) is 0 Å². The van der Waals surface area contributed by atoms with Gasteiger partial charge in [-0.15, -0.1) is 0 Å². The van der Waals surface area contributed by atoms with Gasteiger partial charge in [-0.25, -0.2) is 0 Å². The second-order valence-corrected chi connectivity index (χ2v) is 9.72. The molecular weight excluding hydrogens is 544 g/mol. The zero-order valence-corrected chi connectivity index (χ0v) is 22.9. The molecule has 3 amide bonds. The van der Waals surface area contributed by atoms with Crippen LogP contribution in [0, 0.1) is 0 Å². The number of benzene rings is 2. The lowest BCUT2D eigenvalue weighted by Crippen LogP contribution is -2.57. The smallest absolute Gasteiger partial charge is 0.322 e. The number of fused-ring (bicyclic) bond motifs is 1. The highest BCUT2D eigenvalue weighted by molar-refractivity contribution is 5.94. The summed E-state index contributed by atoms with van der Waals surface area (Å²) in [5, 5.41) is 27.2. The molecule has 12 N–H and O–H groups in total. The van der Waals surface area contributed by atoms with Crippen molar-refractivity contribution < 1.29 is 29.4 Å². The van der Waals surface area contributed by atoms with Crippen LogP contribution < -0.4 is 33.2 Å². The summed E-state index contributed by atoms with van der Waals surface area (Å²) in [5.74, 6) is -3.27. The van der Waals surface area contributed by atoms with E-state index in [0.29, 0.717) is 12.0 Å². The van der Waals surface area contributed by atoms with Crippen LogP contribution in [0.3, 0.4) is 0 Å². The zero-order chi connectivity index (χ0) is 30.6. The van der Waals surface area contributed by atoms with Crippen LogP contribution in [0.2, 0.25) is 0 Å². The van der Waals surface area contributed by atoms with Crippen molar-refractivity contribution in [2.75, 3.05) is 13.1 Å². The van der Waals surface area contributed by atoms with Gasteiger partial charge < -0.3 is 48.3 Å². The number of phenolic OH excluding ortho intramolecular Hbond substituents is 1. The van der Waals surface area contributed by atoms with Gasteiger partial charge in [0.1, 0.15) is 24.4 Å². The number of phenols is 1. The second kappa shape index (κ2) is 15.0. The van der Waals surface area contributed by atoms with Gasteiger partial charge in [0, 0.05) is 36.5 Å². The highest BCUT2D eigenvalue weighted by Gasteiger charge is 2.29. The summed E-state index contributed by atoms with van der Waals surface area (Å²) in [6.45, 7) is -0.358. The molecule has 3 atom stereocenters. The average Bonchev–Trinajstić information content (AvgIpc) is 3.36. The van der Waals surface area contributed by atoms with Crippen LogP contribution in [0.1, 0.15) is 24.0 Å². The predicted octanol–water partition coefficient (Wildman–Crippen LogP) is -0.790. The number of carbonyl (C=O) groups excluding carboxylic acids is 3. The molecule has 0 saturated carbocycles. The number of amides is 3. The van der Waals surface area contributed by atoms with E-state index in [2.05, 4.69) is 25.9 Å². The summed E-state index contributed by atoms with van der Waals surface area (Å²) in [7, 11) is 0. The number of aromatic nitrogens is 1. The number of H-pyrrole nitrogens is 1. The number of hydrogen-bond donors (Lipinski definition) is 9. The lowest BCUT2D eigenvalue weighted by molar-refractivity contribution is -0.138. The molecule has 0 fully saturated rings. The molecule has 0 bridgehead atoms. The molecular formula is C28H36N8O6. The summed E-state index contributed by atoms with van der Waals surface area (Å²) >= 11 is 0. The standard InChI is InChI=1S/C28H36N8O6/c29-20(5-3-11-32-28(30)31)25(40)35-22(12-16-7-9-18(37)10-8-16)27(42)36-23(26(41)34-15-24(38)39)13-17-14-33-21-6-2-1-4-19(17)21/h1-2,4,6-10,14,20,22-23,33,37H,3,5,11-13,15,29H2,(H,34,41)(H,35,40)(H,36,42)(H,38,39)(H4,30,31,32). The van der Waals surface area contributed by atoms with Crippen molar-refractivity contribution in [3.8, 4) is 5.75 Å². The first-order valence-electron chi connectivity index (χ1n) is 13.3. The van der Waals surface area contributed by atoms with Gasteiger partial charge in [-0.3, -0.25) is 24.2 Å². The van der Waals surface area contributed by atoms with Gasteiger partial charge in [0.15, 0.2) is 5.96 Å². The molecule has 42 heavy (non-hydrogen) atoms. The number of aliphatic carboxylic acids is 1. The fraction of sp³-hybridized carbons (Fsp3) is 0.321. The number of nitrogens with zero attached hydrogens (tertiary/aromatic N) is 1. The van der Waals surface area contributed by atoms with Crippen LogP contribution in [-0.4, -0.2) is 76.1 Å². The van der Waals surface area contributed by atoms with E-state index < -0.39 is 48.4 Å². The molecule has 0 spiro atoms. The number of aromatic amines is 1. The van der Waals surface area contributed by atoms with Gasteiger partial charge in [-0.2, -0.15) is 0 Å². The zero-order valence-electron chi connectivity index (χ0n) is 22.9. The van der Waals surface area contributed by atoms with Gasteiger partial charge >= 0.3 is 5.97 Å². The molecule has 0 aliphatic heterocycles. The van der Waals surface area contributed by atoms with Crippen LogP contribution >= 0.6 is 0 Å². The molecule has 1 heterocycles. The normalized spacial score (nSPS) is 13.0. The van der Waals surface area contributed by atoms with Crippen LogP contribution in [-0.2, 0) is 32.0 Å². The third kappa shape index (κ3) is 9.52. The van der Waals surface area contributed by atoms with E-state index in [1.54, 1.807) is 18.3 Å². The number of para-hydroxylation sites is 1. The van der Waals surface area contributed by atoms with E-state index in [-0.39, 0.29) is 37.5 Å². The van der Waals surface area contributed by atoms with Crippen LogP contribution in [0.5, 0.6) is 5.75 Å². The Morgan fingerprint density at radius 1 is 0.905 bits per heavy atom. The van der Waals surface area contributed by atoms with E-state index in [0.717, 1.165) is 16.5 Å². The maximum Gasteiger partial charge on any atom is 0.322 e. The van der Waals surface area contributed by atoms with Crippen molar-refractivity contribution in [2.24, 2.45) is 22.2 Å². The Hall–Kier alpha value is -5.11. The number of carboxylic acids is 1. The number of aromatic hydroxyl groups is 1. The summed E-state index contributed by atoms with van der Waals surface area (Å²) in [4.78, 5) is 57.6. The number of rotatable bonds is 15. The number of hydrogen-bond acceptors (Lipinski definition) is 7. The molecule has 0 saturated heterocycles. The van der Waals surface area contributed by atoms with Crippen molar-refractivity contribution >= 4 is 40.6 Å². The number of guanidine groups is 1. The Bertz CT molecular complexity index is 1420. The van der Waals surface area contributed by atoms with Crippen molar-refractivity contribution in [3.05, 3.63) is 65.9 Å². The number of aliphatic imine (C=N–C) groups is 1. The van der Waals surface area contributed by atoms with E-state index in [4.69, 9.17) is 22.3 Å². The summed E-state index contributed by atoms with van der Waals surface area (Å²) in [5.41, 5.74) is 18.8. The summed E-state index contributed by atoms with van der Waals surface area (Å²) in [6, 6.07) is 10.2. The van der Waals surface area contributed by atoms with E-state index in [9.17, 15) is 24.3 Å². The number of carboxylic acid groups (broad SMARTS) is 1. The molecule has 3 unspecified atom stereocenters. The highest BCUT2D eigenvalue weighted by atomic mass is 16.4. The van der Waals surface area contributed by atoms with Crippen LogP contribution in [0.25, 0.3) is 10.9 Å². The lowest BCUT2D eigenvalue weighted by atomic mass is 10.0. The largest absolute Gasteiger partial charge is 0.508 e. The van der Waals surface area contributed by atoms with Gasteiger partial charge in [0.25, 0.3) is 0 Å². The Morgan fingerprint density at radius 2 is 1.57 bits per heavy atom. The van der Waals surface area contributed by atoms with Crippen molar-refractivity contribution in [2.45, 2.75) is 43.8 Å². The molecule has 1 aromatic heterocycles. The van der Waals surface area contributed by atoms with E-state index in [1.165, 1.54) is 12.1 Å². The van der Waals surface area contributed by atoms with Crippen molar-refractivity contribution in [1.82, 2.24) is 20.9 Å². The molecule has 0 radical (unpaired) electrons. The Labute approximate surface area is 241 Å². The van der Waals surface area contributed by atoms with E-state index >= 15 is 0 Å². The fourth-order valence-corrected chi connectivity index (χ4v) is 4.29. The summed E-state index contributed by atoms with van der Waals surface area (Å²) < 4.78 is 0. The molecule has 0 aliphatic carbocycles. The van der Waals surface area contributed by atoms with E-state index in [1.807, 2.05) is 24.3 Å². The maximum absolute atomic E-state index is 13.6. The molecule has 3 rings (SSSR count). The monoisotopic (exact) mass is 580 g/mol. The Balaban J connectivity index is 1.80. The molecule has 224 valence electrons. The van der Waals surface area contributed by atoms with Gasteiger partial charge in [0.05, 0.1) is 6.04 Å². The topological polar surface area (TPSA) is 251 Å². The average molecular weight is 581 g/mol. The van der Waals surface area contributed by atoms with Gasteiger partial charge in [-0.05, 0) is 42.2 Å². The van der Waals surface area contributed by atoms with Gasteiger partial charge in [0.2, 0.25) is 17.7 Å². The maximum atomic E-state index is 13.6. The minimum absolute atomic E-state index is 0.0229. The first kappa shape index (κ1) is 31.4. The molecule has 0 aliphatic rings. The molecule has 14 nitrogen and oxygen atoms in total. The predicted molar refractivity (Wildman–Crippen MR) is 156 cm³/mol. The molecule has 2 aromatic carbocycles. The molecule has 14 heteroatoms. The number of nitrogens with two attached hydrogens (primary N) is 3. The third-order valence-corrected chi connectivity index (χ3v) is 6.46. The van der Waals surface area contributed by atoms with Gasteiger partial charge in [-0.1, -0.05) is 30.3 Å². The third-order valence-electron chi connectivity index (χ3n) is 6.46. The quantitative estimate of drug-likeness (QED) is 0.0619. The first-order valence-corrected chi connectivity index (χ1v) is 13.3. The Kier molecular flexibility index (Phi) is 11.3. The fourth-order valence-electron chi connectivity index (χ4n) is 4.29. The highest BCUT2D eigenvalue weighted by Crippen LogP contribution is 2.19. The van der Waals surface area contributed by atoms with Crippen molar-refractivity contribution in [1.29, 1.82) is 0 Å². The minimum atomic E-state index is -1.24.